The van der Waals surface area contributed by atoms with E-state index >= 15 is 0 Å². The van der Waals surface area contributed by atoms with E-state index in [1.54, 1.807) is 5.01 Å². The van der Waals surface area contributed by atoms with E-state index in [0.717, 1.165) is 6.42 Å². The highest BCUT2D eigenvalue weighted by atomic mass is 16.2. The molecule has 0 saturated carbocycles. The molecule has 0 aromatic rings. The van der Waals surface area contributed by atoms with Crippen LogP contribution in [0, 0.1) is 0 Å². The summed E-state index contributed by atoms with van der Waals surface area (Å²) in [5, 5.41) is 1.70. The van der Waals surface area contributed by atoms with Crippen molar-refractivity contribution in [3.05, 3.63) is 0 Å². The Morgan fingerprint density at radius 3 is 2.60 bits per heavy atom. The molecule has 86 valence electrons. The first-order valence-corrected chi connectivity index (χ1v) is 5.26. The van der Waals surface area contributed by atoms with Crippen molar-refractivity contribution in [2.24, 2.45) is 0 Å². The molecule has 5 heteroatoms. The van der Waals surface area contributed by atoms with Gasteiger partial charge in [0.25, 0.3) is 0 Å². The van der Waals surface area contributed by atoms with Crippen LogP contribution in [-0.4, -0.2) is 47.9 Å². The maximum Gasteiger partial charge on any atom is 0.248 e. The molecule has 1 N–H and O–H groups in total. The zero-order chi connectivity index (χ0) is 11.6. The van der Waals surface area contributed by atoms with Crippen LogP contribution in [0.3, 0.4) is 0 Å². The van der Waals surface area contributed by atoms with Gasteiger partial charge in [-0.3, -0.25) is 14.5 Å². The molecule has 15 heavy (non-hydrogen) atoms. The van der Waals surface area contributed by atoms with Gasteiger partial charge in [0, 0.05) is 20.1 Å². The molecule has 0 radical (unpaired) electrons. The Balaban J connectivity index is 2.70. The van der Waals surface area contributed by atoms with Crippen LogP contribution >= 0.6 is 0 Å². The van der Waals surface area contributed by atoms with Gasteiger partial charge < -0.3 is 0 Å². The first kappa shape index (κ1) is 12.1. The Morgan fingerprint density at radius 1 is 1.53 bits per heavy atom. The number of nitrogens with zero attached hydrogens (tertiary/aromatic N) is 2. The number of carbonyl (C=O) groups is 2. The number of hydrogen-bond acceptors (Lipinski definition) is 4. The quantitative estimate of drug-likeness (QED) is 0.526. The molecule has 1 saturated heterocycles. The highest BCUT2D eigenvalue weighted by Gasteiger charge is 2.40. The molecule has 0 aromatic heterocycles. The average molecular weight is 213 g/mol. The summed E-state index contributed by atoms with van der Waals surface area (Å²) in [6, 6.07) is -0.388. The molecule has 1 aliphatic rings. The van der Waals surface area contributed by atoms with Crippen LogP contribution in [0.2, 0.25) is 0 Å². The van der Waals surface area contributed by atoms with Gasteiger partial charge >= 0.3 is 0 Å². The monoisotopic (exact) mass is 213 g/mol. The summed E-state index contributed by atoms with van der Waals surface area (Å²) in [5.74, 6) is -0.184. The second-order valence-electron chi connectivity index (χ2n) is 4.14. The summed E-state index contributed by atoms with van der Waals surface area (Å²) in [4.78, 5) is 24.9. The fourth-order valence-electron chi connectivity index (χ4n) is 1.71. The molecule has 0 aromatic carbocycles. The molecule has 5 nitrogen and oxygen atoms in total. The number of hydrazine groups is 1. The van der Waals surface area contributed by atoms with E-state index < -0.39 is 0 Å². The van der Waals surface area contributed by atoms with Gasteiger partial charge in [0.05, 0.1) is 6.42 Å². The maximum atomic E-state index is 11.9. The first-order chi connectivity index (χ1) is 6.97. The third kappa shape index (κ3) is 2.54. The number of hydrogen-bond donors (Lipinski definition) is 1. The second kappa shape index (κ2) is 4.72. The third-order valence-electron chi connectivity index (χ3n) is 2.63. The van der Waals surface area contributed by atoms with Crippen molar-refractivity contribution in [2.45, 2.75) is 38.8 Å². The van der Waals surface area contributed by atoms with Crippen LogP contribution in [-0.2, 0) is 9.59 Å². The van der Waals surface area contributed by atoms with Crippen LogP contribution in [0.5, 0.6) is 0 Å². The molecule has 2 amide bonds. The van der Waals surface area contributed by atoms with Crippen molar-refractivity contribution in [3.8, 4) is 0 Å². The van der Waals surface area contributed by atoms with Crippen molar-refractivity contribution < 1.29 is 9.59 Å². The molecule has 0 aliphatic carbocycles. The molecular weight excluding hydrogens is 194 g/mol. The predicted octanol–water partition coefficient (Wildman–Crippen LogP) is -0.0214. The summed E-state index contributed by atoms with van der Waals surface area (Å²) in [7, 11) is 3.62. The highest BCUT2D eigenvalue weighted by molar-refractivity contribution is 6.05. The van der Waals surface area contributed by atoms with Crippen LogP contribution in [0.15, 0.2) is 0 Å². The van der Waals surface area contributed by atoms with Gasteiger partial charge in [-0.15, -0.1) is 0 Å². The SMILES string of the molecule is CCC(C)N1C(=O)CC(NN(C)C)C1=O. The van der Waals surface area contributed by atoms with E-state index in [-0.39, 0.29) is 30.3 Å². The lowest BCUT2D eigenvalue weighted by Crippen LogP contribution is -2.46. The molecule has 2 unspecified atom stereocenters. The number of carbonyl (C=O) groups excluding carboxylic acids is 2. The summed E-state index contributed by atoms with van der Waals surface area (Å²) in [6.45, 7) is 3.87. The minimum Gasteiger partial charge on any atom is -0.278 e. The Morgan fingerprint density at radius 2 is 2.13 bits per heavy atom. The zero-order valence-electron chi connectivity index (χ0n) is 9.78. The second-order valence-corrected chi connectivity index (χ2v) is 4.14. The van der Waals surface area contributed by atoms with Gasteiger partial charge in [-0.05, 0) is 13.3 Å². The fourth-order valence-corrected chi connectivity index (χ4v) is 1.71. The van der Waals surface area contributed by atoms with Gasteiger partial charge in [-0.2, -0.15) is 0 Å². The fraction of sp³-hybridized carbons (Fsp3) is 0.800. The van der Waals surface area contributed by atoms with E-state index in [4.69, 9.17) is 0 Å². The van der Waals surface area contributed by atoms with Crippen LogP contribution in [0.1, 0.15) is 26.7 Å². The first-order valence-electron chi connectivity index (χ1n) is 5.26. The standard InChI is InChI=1S/C10H19N3O2/c1-5-7(2)13-9(14)6-8(10(13)15)11-12(3)4/h7-8,11H,5-6H2,1-4H3. The summed E-state index contributed by atoms with van der Waals surface area (Å²) in [6.07, 6.45) is 1.06. The lowest BCUT2D eigenvalue weighted by Gasteiger charge is -2.22. The van der Waals surface area contributed by atoms with Gasteiger partial charge in [0.1, 0.15) is 6.04 Å². The number of imide groups is 1. The predicted molar refractivity (Wildman–Crippen MR) is 56.8 cm³/mol. The van der Waals surface area contributed by atoms with Gasteiger partial charge in [-0.1, -0.05) is 6.92 Å². The van der Waals surface area contributed by atoms with Crippen molar-refractivity contribution in [2.75, 3.05) is 14.1 Å². The molecule has 0 spiro atoms. The largest absolute Gasteiger partial charge is 0.278 e. The molecular formula is C10H19N3O2. The van der Waals surface area contributed by atoms with Gasteiger partial charge in [-0.25, -0.2) is 10.4 Å². The molecule has 1 rings (SSSR count). The van der Waals surface area contributed by atoms with Crippen LogP contribution < -0.4 is 5.43 Å². The normalized spacial score (nSPS) is 24.1. The maximum absolute atomic E-state index is 11.9. The average Bonchev–Trinajstić information content (AvgIpc) is 2.40. The number of nitrogens with one attached hydrogen (secondary N) is 1. The Labute approximate surface area is 90.4 Å². The summed E-state index contributed by atoms with van der Waals surface area (Å²) < 4.78 is 0. The molecule has 2 atom stereocenters. The Bertz CT molecular complexity index is 265. The van der Waals surface area contributed by atoms with Crippen molar-refractivity contribution in [1.29, 1.82) is 0 Å². The minimum atomic E-state index is -0.388. The molecule has 1 fully saturated rings. The smallest absolute Gasteiger partial charge is 0.248 e. The lowest BCUT2D eigenvalue weighted by molar-refractivity contribution is -0.141. The Hall–Kier alpha value is -0.940. The molecule has 1 aliphatic heterocycles. The number of likely N-dealkylation sites (tertiary alicyclic amines) is 1. The Kier molecular flexibility index (Phi) is 3.82. The lowest BCUT2D eigenvalue weighted by atomic mass is 10.2. The van der Waals surface area contributed by atoms with Gasteiger partial charge in [0.15, 0.2) is 0 Å². The third-order valence-corrected chi connectivity index (χ3v) is 2.63. The van der Waals surface area contributed by atoms with Crippen LogP contribution in [0.25, 0.3) is 0 Å². The van der Waals surface area contributed by atoms with Crippen molar-refractivity contribution >= 4 is 11.8 Å². The molecule has 1 heterocycles. The van der Waals surface area contributed by atoms with E-state index in [2.05, 4.69) is 5.43 Å². The van der Waals surface area contributed by atoms with E-state index in [0.29, 0.717) is 0 Å². The summed E-state index contributed by atoms with van der Waals surface area (Å²) >= 11 is 0. The topological polar surface area (TPSA) is 52.7 Å². The highest BCUT2D eigenvalue weighted by Crippen LogP contribution is 2.17. The number of amides is 2. The van der Waals surface area contributed by atoms with Crippen molar-refractivity contribution in [1.82, 2.24) is 15.3 Å². The minimum absolute atomic E-state index is 0.000961. The van der Waals surface area contributed by atoms with E-state index in [1.807, 2.05) is 27.9 Å². The molecule has 0 bridgehead atoms. The van der Waals surface area contributed by atoms with E-state index in [9.17, 15) is 9.59 Å². The van der Waals surface area contributed by atoms with Crippen LogP contribution in [0.4, 0.5) is 0 Å². The van der Waals surface area contributed by atoms with Crippen molar-refractivity contribution in [3.63, 3.8) is 0 Å². The van der Waals surface area contributed by atoms with E-state index in [1.165, 1.54) is 4.90 Å². The number of rotatable bonds is 4. The van der Waals surface area contributed by atoms with Gasteiger partial charge in [0.2, 0.25) is 11.8 Å². The summed E-state index contributed by atoms with van der Waals surface area (Å²) in [5.41, 5.74) is 2.95. The zero-order valence-corrected chi connectivity index (χ0v) is 9.78.